The van der Waals surface area contributed by atoms with Crippen molar-refractivity contribution in [3.63, 3.8) is 0 Å². The standard InChI is InChI=1S/C13H14BrNO2/c1-9(16)7-13(2,8-15)10-4-5-12(17-3)11(14)6-10/h4-6H,7H2,1-3H3. The van der Waals surface area contributed by atoms with Crippen LogP contribution >= 0.6 is 15.9 Å². The van der Waals surface area contributed by atoms with Crippen LogP contribution in [0.5, 0.6) is 5.75 Å². The van der Waals surface area contributed by atoms with E-state index in [0.717, 1.165) is 10.0 Å². The van der Waals surface area contributed by atoms with Crippen molar-refractivity contribution >= 4 is 21.7 Å². The summed E-state index contributed by atoms with van der Waals surface area (Å²) in [4.78, 5) is 11.2. The van der Waals surface area contributed by atoms with Gasteiger partial charge in [-0.1, -0.05) is 6.07 Å². The molecule has 0 N–H and O–H groups in total. The fourth-order valence-electron chi connectivity index (χ4n) is 1.71. The number of rotatable bonds is 4. The van der Waals surface area contributed by atoms with Crippen molar-refractivity contribution in [2.75, 3.05) is 7.11 Å². The maximum Gasteiger partial charge on any atom is 0.133 e. The van der Waals surface area contributed by atoms with Crippen molar-refractivity contribution in [2.45, 2.75) is 25.7 Å². The van der Waals surface area contributed by atoms with Crippen molar-refractivity contribution in [2.24, 2.45) is 0 Å². The minimum atomic E-state index is -0.791. The van der Waals surface area contributed by atoms with Crippen LogP contribution in [0, 0.1) is 11.3 Å². The molecule has 0 amide bonds. The van der Waals surface area contributed by atoms with Crippen LogP contribution in [0.3, 0.4) is 0 Å². The zero-order valence-electron chi connectivity index (χ0n) is 10.1. The highest BCUT2D eigenvalue weighted by Gasteiger charge is 2.28. The van der Waals surface area contributed by atoms with E-state index in [2.05, 4.69) is 22.0 Å². The van der Waals surface area contributed by atoms with E-state index >= 15 is 0 Å². The summed E-state index contributed by atoms with van der Waals surface area (Å²) in [6.07, 6.45) is 0.211. The van der Waals surface area contributed by atoms with E-state index in [1.165, 1.54) is 6.92 Å². The lowest BCUT2D eigenvalue weighted by molar-refractivity contribution is -0.117. The van der Waals surface area contributed by atoms with Crippen LogP contribution in [0.4, 0.5) is 0 Å². The molecule has 17 heavy (non-hydrogen) atoms. The van der Waals surface area contributed by atoms with Gasteiger partial charge in [0.05, 0.1) is 23.1 Å². The van der Waals surface area contributed by atoms with Gasteiger partial charge in [0, 0.05) is 6.42 Å². The molecule has 0 radical (unpaired) electrons. The third-order valence-corrected chi connectivity index (χ3v) is 3.26. The van der Waals surface area contributed by atoms with Gasteiger partial charge in [0.25, 0.3) is 0 Å². The normalized spacial score (nSPS) is 13.6. The van der Waals surface area contributed by atoms with Gasteiger partial charge in [-0.15, -0.1) is 0 Å². The van der Waals surface area contributed by atoms with Crippen molar-refractivity contribution in [1.82, 2.24) is 0 Å². The van der Waals surface area contributed by atoms with Crippen LogP contribution in [-0.4, -0.2) is 12.9 Å². The summed E-state index contributed by atoms with van der Waals surface area (Å²) in [6.45, 7) is 3.26. The molecule has 1 aromatic rings. The van der Waals surface area contributed by atoms with Crippen LogP contribution in [0.2, 0.25) is 0 Å². The number of ether oxygens (including phenoxy) is 1. The highest BCUT2D eigenvalue weighted by atomic mass is 79.9. The molecule has 1 rings (SSSR count). The molecule has 0 spiro atoms. The molecule has 4 heteroatoms. The molecule has 1 atom stereocenters. The fraction of sp³-hybridized carbons (Fsp3) is 0.385. The van der Waals surface area contributed by atoms with Gasteiger partial charge < -0.3 is 4.74 Å². The van der Waals surface area contributed by atoms with E-state index in [1.807, 2.05) is 12.1 Å². The number of nitriles is 1. The molecule has 3 nitrogen and oxygen atoms in total. The Morgan fingerprint density at radius 3 is 2.65 bits per heavy atom. The van der Waals surface area contributed by atoms with Crippen molar-refractivity contribution in [1.29, 1.82) is 5.26 Å². The highest BCUT2D eigenvalue weighted by molar-refractivity contribution is 9.10. The van der Waals surface area contributed by atoms with Crippen LogP contribution in [-0.2, 0) is 10.2 Å². The highest BCUT2D eigenvalue weighted by Crippen LogP contribution is 2.33. The fourth-order valence-corrected chi connectivity index (χ4v) is 2.25. The summed E-state index contributed by atoms with van der Waals surface area (Å²) >= 11 is 3.38. The first-order valence-corrected chi connectivity index (χ1v) is 5.97. The second-order valence-corrected chi connectivity index (χ2v) is 5.03. The Labute approximate surface area is 110 Å². The summed E-state index contributed by atoms with van der Waals surface area (Å²) < 4.78 is 5.91. The van der Waals surface area contributed by atoms with E-state index in [0.29, 0.717) is 5.75 Å². The average Bonchev–Trinajstić information content (AvgIpc) is 2.27. The van der Waals surface area contributed by atoms with E-state index in [1.54, 1.807) is 20.1 Å². The summed E-state index contributed by atoms with van der Waals surface area (Å²) in [7, 11) is 1.58. The molecule has 0 aliphatic heterocycles. The molecule has 0 bridgehead atoms. The Kier molecular flexibility index (Phi) is 4.30. The Bertz CT molecular complexity index is 479. The molecule has 1 aromatic carbocycles. The SMILES string of the molecule is COc1ccc(C(C)(C#N)CC(C)=O)cc1Br. The lowest BCUT2D eigenvalue weighted by Gasteiger charge is -2.21. The first-order valence-electron chi connectivity index (χ1n) is 5.17. The van der Waals surface area contributed by atoms with Gasteiger partial charge in [-0.05, 0) is 47.5 Å². The zero-order valence-corrected chi connectivity index (χ0v) is 11.7. The number of halogens is 1. The molecule has 0 aliphatic rings. The number of benzene rings is 1. The Balaban J connectivity index is 3.18. The lowest BCUT2D eigenvalue weighted by Crippen LogP contribution is -2.22. The number of hydrogen-bond acceptors (Lipinski definition) is 3. The van der Waals surface area contributed by atoms with Crippen LogP contribution in [0.1, 0.15) is 25.8 Å². The Morgan fingerprint density at radius 2 is 2.24 bits per heavy atom. The molecule has 90 valence electrons. The third-order valence-electron chi connectivity index (χ3n) is 2.64. The van der Waals surface area contributed by atoms with E-state index in [4.69, 9.17) is 4.74 Å². The molecule has 0 aliphatic carbocycles. The molecule has 0 saturated heterocycles. The smallest absolute Gasteiger partial charge is 0.133 e. The average molecular weight is 296 g/mol. The third kappa shape index (κ3) is 3.07. The predicted molar refractivity (Wildman–Crippen MR) is 69.0 cm³/mol. The van der Waals surface area contributed by atoms with Crippen molar-refractivity contribution in [3.05, 3.63) is 28.2 Å². The number of hydrogen-bond donors (Lipinski definition) is 0. The maximum absolute atomic E-state index is 11.2. The molecular weight excluding hydrogens is 282 g/mol. The summed E-state index contributed by atoms with van der Waals surface area (Å²) in [5, 5.41) is 9.26. The first kappa shape index (κ1) is 13.7. The van der Waals surface area contributed by atoms with Gasteiger partial charge in [-0.25, -0.2) is 0 Å². The minimum Gasteiger partial charge on any atom is -0.496 e. The van der Waals surface area contributed by atoms with E-state index in [-0.39, 0.29) is 12.2 Å². The van der Waals surface area contributed by atoms with Crippen molar-refractivity contribution < 1.29 is 9.53 Å². The molecule has 0 saturated carbocycles. The van der Waals surface area contributed by atoms with E-state index < -0.39 is 5.41 Å². The zero-order chi connectivity index (χ0) is 13.1. The van der Waals surface area contributed by atoms with Crippen molar-refractivity contribution in [3.8, 4) is 11.8 Å². The minimum absolute atomic E-state index is 0.000917. The monoisotopic (exact) mass is 295 g/mol. The van der Waals surface area contributed by atoms with Gasteiger partial charge in [0.1, 0.15) is 11.5 Å². The number of carbonyl (C=O) groups excluding carboxylic acids is 1. The number of carbonyl (C=O) groups is 1. The van der Waals surface area contributed by atoms with Crippen LogP contribution in [0.15, 0.2) is 22.7 Å². The second-order valence-electron chi connectivity index (χ2n) is 4.17. The summed E-state index contributed by atoms with van der Waals surface area (Å²) in [5.41, 5.74) is 0.0172. The molecule has 0 heterocycles. The van der Waals surface area contributed by atoms with Gasteiger partial charge in [0.15, 0.2) is 0 Å². The molecular formula is C13H14BrNO2. The van der Waals surface area contributed by atoms with Gasteiger partial charge in [0.2, 0.25) is 0 Å². The number of Topliss-reactive ketones (excluding diaryl/α,β-unsaturated/α-hetero) is 1. The van der Waals surface area contributed by atoms with E-state index in [9.17, 15) is 10.1 Å². The molecule has 0 fully saturated rings. The predicted octanol–water partition coefficient (Wildman–Crippen LogP) is 3.22. The largest absolute Gasteiger partial charge is 0.496 e. The lowest BCUT2D eigenvalue weighted by atomic mass is 9.80. The number of ketones is 1. The van der Waals surface area contributed by atoms with Gasteiger partial charge in [-0.3, -0.25) is 4.79 Å². The van der Waals surface area contributed by atoms with Crippen LogP contribution in [0.25, 0.3) is 0 Å². The van der Waals surface area contributed by atoms with Gasteiger partial charge in [-0.2, -0.15) is 5.26 Å². The topological polar surface area (TPSA) is 50.1 Å². The maximum atomic E-state index is 11.2. The summed E-state index contributed by atoms with van der Waals surface area (Å²) in [5.74, 6) is 0.706. The van der Waals surface area contributed by atoms with Crippen LogP contribution < -0.4 is 4.74 Å². The van der Waals surface area contributed by atoms with Gasteiger partial charge >= 0.3 is 0 Å². The molecule has 1 unspecified atom stereocenters. The quantitative estimate of drug-likeness (QED) is 0.857. The second kappa shape index (κ2) is 5.33. The summed E-state index contributed by atoms with van der Waals surface area (Å²) in [6, 6.07) is 7.63. The Hall–Kier alpha value is -1.34. The molecule has 0 aromatic heterocycles. The first-order chi connectivity index (χ1) is 7.92. The Morgan fingerprint density at radius 1 is 1.59 bits per heavy atom. The number of methoxy groups -OCH3 is 1. The number of nitrogens with zero attached hydrogens (tertiary/aromatic N) is 1.